The van der Waals surface area contributed by atoms with E-state index in [0.29, 0.717) is 6.01 Å². The highest BCUT2D eigenvalue weighted by molar-refractivity contribution is 5.43. The molecule has 1 aliphatic rings. The summed E-state index contributed by atoms with van der Waals surface area (Å²) in [5.41, 5.74) is 0.970. The summed E-state index contributed by atoms with van der Waals surface area (Å²) in [5, 5.41) is 9.50. The van der Waals surface area contributed by atoms with E-state index in [4.69, 9.17) is 4.74 Å². The lowest BCUT2D eigenvalue weighted by Crippen LogP contribution is -2.35. The average Bonchev–Trinajstić information content (AvgIpc) is 2.50. The minimum absolute atomic E-state index is 0.173. The standard InChI is InChI=1S/C15H17N3O2/c19-13-6-8-18(9-7-13)12-10-16-15(17-11-12)20-14-4-2-1-3-5-14/h1-5,10-11,13,19H,6-9H2. The van der Waals surface area contributed by atoms with Crippen LogP contribution >= 0.6 is 0 Å². The van der Waals surface area contributed by atoms with Crippen molar-refractivity contribution in [2.24, 2.45) is 0 Å². The molecule has 5 heteroatoms. The normalized spacial score (nSPS) is 16.1. The van der Waals surface area contributed by atoms with Gasteiger partial charge in [-0.15, -0.1) is 0 Å². The molecule has 0 aliphatic carbocycles. The average molecular weight is 271 g/mol. The zero-order chi connectivity index (χ0) is 13.8. The first-order valence-corrected chi connectivity index (χ1v) is 6.79. The Balaban J connectivity index is 1.65. The Morgan fingerprint density at radius 3 is 2.35 bits per heavy atom. The number of hydrogen-bond acceptors (Lipinski definition) is 5. The van der Waals surface area contributed by atoms with E-state index in [1.807, 2.05) is 30.3 Å². The SMILES string of the molecule is OC1CCN(c2cnc(Oc3ccccc3)nc2)CC1. The second-order valence-electron chi connectivity index (χ2n) is 4.86. The van der Waals surface area contributed by atoms with Crippen molar-refractivity contribution >= 4 is 5.69 Å². The molecule has 0 atom stereocenters. The molecule has 0 unspecified atom stereocenters. The first-order valence-electron chi connectivity index (χ1n) is 6.79. The number of nitrogens with zero attached hydrogens (tertiary/aromatic N) is 3. The number of hydrogen-bond donors (Lipinski definition) is 1. The fourth-order valence-corrected chi connectivity index (χ4v) is 2.24. The van der Waals surface area contributed by atoms with Gasteiger partial charge in [0.05, 0.1) is 24.2 Å². The third kappa shape index (κ3) is 3.05. The van der Waals surface area contributed by atoms with Crippen molar-refractivity contribution in [1.29, 1.82) is 0 Å². The van der Waals surface area contributed by atoms with Crippen LogP contribution in [-0.2, 0) is 0 Å². The molecule has 3 rings (SSSR count). The number of aliphatic hydroxyl groups is 1. The minimum Gasteiger partial charge on any atom is -0.424 e. The molecule has 104 valence electrons. The summed E-state index contributed by atoms with van der Waals surface area (Å²) >= 11 is 0. The van der Waals surface area contributed by atoms with E-state index in [9.17, 15) is 5.11 Å². The Morgan fingerprint density at radius 2 is 1.70 bits per heavy atom. The summed E-state index contributed by atoms with van der Waals surface area (Å²) in [6, 6.07) is 9.82. The second-order valence-corrected chi connectivity index (χ2v) is 4.86. The molecule has 2 heterocycles. The van der Waals surface area contributed by atoms with Gasteiger partial charge in [0.15, 0.2) is 0 Å². The number of ether oxygens (including phenoxy) is 1. The van der Waals surface area contributed by atoms with Crippen molar-refractivity contribution in [2.75, 3.05) is 18.0 Å². The Morgan fingerprint density at radius 1 is 1.05 bits per heavy atom. The third-order valence-corrected chi connectivity index (χ3v) is 3.40. The highest BCUT2D eigenvalue weighted by Crippen LogP contribution is 2.21. The van der Waals surface area contributed by atoms with E-state index in [2.05, 4.69) is 14.9 Å². The molecule has 0 bridgehead atoms. The molecular formula is C15H17N3O2. The lowest BCUT2D eigenvalue weighted by atomic mass is 10.1. The Labute approximate surface area is 117 Å². The van der Waals surface area contributed by atoms with Crippen LogP contribution in [0.5, 0.6) is 11.8 Å². The van der Waals surface area contributed by atoms with Crippen LogP contribution in [0, 0.1) is 0 Å². The van der Waals surface area contributed by atoms with Crippen molar-refractivity contribution in [3.8, 4) is 11.8 Å². The van der Waals surface area contributed by atoms with Gasteiger partial charge in [-0.05, 0) is 25.0 Å². The number of para-hydroxylation sites is 1. The Bertz CT molecular complexity index is 537. The van der Waals surface area contributed by atoms with Gasteiger partial charge >= 0.3 is 6.01 Å². The van der Waals surface area contributed by atoms with Crippen LogP contribution in [0.1, 0.15) is 12.8 Å². The third-order valence-electron chi connectivity index (χ3n) is 3.40. The highest BCUT2D eigenvalue weighted by Gasteiger charge is 2.17. The topological polar surface area (TPSA) is 58.5 Å². The summed E-state index contributed by atoms with van der Waals surface area (Å²) in [6.07, 6.45) is 4.95. The molecule has 0 spiro atoms. The molecule has 1 N–H and O–H groups in total. The van der Waals surface area contributed by atoms with Crippen LogP contribution < -0.4 is 9.64 Å². The van der Waals surface area contributed by atoms with E-state index in [1.165, 1.54) is 0 Å². The molecule has 1 aromatic carbocycles. The van der Waals surface area contributed by atoms with Gasteiger partial charge in [-0.25, -0.2) is 9.97 Å². The van der Waals surface area contributed by atoms with Gasteiger partial charge in [0, 0.05) is 13.1 Å². The van der Waals surface area contributed by atoms with Crippen LogP contribution in [0.2, 0.25) is 0 Å². The number of piperidine rings is 1. The fraction of sp³-hybridized carbons (Fsp3) is 0.333. The Hall–Kier alpha value is -2.14. The van der Waals surface area contributed by atoms with E-state index in [1.54, 1.807) is 12.4 Å². The van der Waals surface area contributed by atoms with Crippen LogP contribution in [0.15, 0.2) is 42.7 Å². The van der Waals surface area contributed by atoms with Crippen LogP contribution in [0.4, 0.5) is 5.69 Å². The maximum absolute atomic E-state index is 9.50. The Kier molecular flexibility index (Phi) is 3.78. The number of aliphatic hydroxyl groups excluding tert-OH is 1. The van der Waals surface area contributed by atoms with Gasteiger partial charge in [0.2, 0.25) is 0 Å². The molecule has 0 amide bonds. The molecule has 5 nitrogen and oxygen atoms in total. The van der Waals surface area contributed by atoms with Crippen molar-refractivity contribution in [2.45, 2.75) is 18.9 Å². The first kappa shape index (κ1) is 12.9. The molecule has 0 radical (unpaired) electrons. The zero-order valence-electron chi connectivity index (χ0n) is 11.1. The molecule has 20 heavy (non-hydrogen) atoms. The van der Waals surface area contributed by atoms with Gasteiger partial charge in [-0.2, -0.15) is 0 Å². The van der Waals surface area contributed by atoms with E-state index >= 15 is 0 Å². The summed E-state index contributed by atoms with van der Waals surface area (Å²) < 4.78 is 5.56. The molecule has 1 aliphatic heterocycles. The van der Waals surface area contributed by atoms with Crippen molar-refractivity contribution in [3.05, 3.63) is 42.7 Å². The maximum atomic E-state index is 9.50. The van der Waals surface area contributed by atoms with E-state index < -0.39 is 0 Å². The summed E-state index contributed by atoms with van der Waals surface area (Å²) in [6.45, 7) is 1.67. The molecule has 1 fully saturated rings. The first-order chi connectivity index (χ1) is 9.81. The quantitative estimate of drug-likeness (QED) is 0.927. The number of aromatic nitrogens is 2. The van der Waals surface area contributed by atoms with Crippen LogP contribution in [0.3, 0.4) is 0 Å². The second kappa shape index (κ2) is 5.88. The van der Waals surface area contributed by atoms with E-state index in [-0.39, 0.29) is 6.10 Å². The van der Waals surface area contributed by atoms with Gasteiger partial charge in [0.1, 0.15) is 5.75 Å². The predicted molar refractivity (Wildman–Crippen MR) is 76.0 cm³/mol. The summed E-state index contributed by atoms with van der Waals surface area (Å²) in [5.74, 6) is 0.723. The van der Waals surface area contributed by atoms with Gasteiger partial charge in [0.25, 0.3) is 0 Å². The number of rotatable bonds is 3. The largest absolute Gasteiger partial charge is 0.424 e. The molecular weight excluding hydrogens is 254 g/mol. The van der Waals surface area contributed by atoms with Gasteiger partial charge in [-0.1, -0.05) is 18.2 Å². The summed E-state index contributed by atoms with van der Waals surface area (Å²) in [7, 11) is 0. The predicted octanol–water partition coefficient (Wildman–Crippen LogP) is 2.23. The van der Waals surface area contributed by atoms with Crippen molar-refractivity contribution in [1.82, 2.24) is 9.97 Å². The number of anilines is 1. The number of benzene rings is 1. The molecule has 1 saturated heterocycles. The molecule has 0 saturated carbocycles. The molecule has 2 aromatic rings. The highest BCUT2D eigenvalue weighted by atomic mass is 16.5. The minimum atomic E-state index is -0.173. The molecule has 1 aromatic heterocycles. The van der Waals surface area contributed by atoms with E-state index in [0.717, 1.165) is 37.4 Å². The van der Waals surface area contributed by atoms with Crippen molar-refractivity contribution < 1.29 is 9.84 Å². The van der Waals surface area contributed by atoms with Gasteiger partial charge in [-0.3, -0.25) is 0 Å². The summed E-state index contributed by atoms with van der Waals surface area (Å²) in [4.78, 5) is 10.6. The smallest absolute Gasteiger partial charge is 0.322 e. The van der Waals surface area contributed by atoms with Crippen molar-refractivity contribution in [3.63, 3.8) is 0 Å². The monoisotopic (exact) mass is 271 g/mol. The maximum Gasteiger partial charge on any atom is 0.322 e. The lowest BCUT2D eigenvalue weighted by Gasteiger charge is -2.30. The van der Waals surface area contributed by atoms with Crippen LogP contribution in [0.25, 0.3) is 0 Å². The van der Waals surface area contributed by atoms with Crippen LogP contribution in [-0.4, -0.2) is 34.3 Å². The van der Waals surface area contributed by atoms with Gasteiger partial charge < -0.3 is 14.7 Å². The zero-order valence-corrected chi connectivity index (χ0v) is 11.1. The fourth-order valence-electron chi connectivity index (χ4n) is 2.24. The lowest BCUT2D eigenvalue weighted by molar-refractivity contribution is 0.145.